The van der Waals surface area contributed by atoms with Crippen LogP contribution in [-0.4, -0.2) is 36.1 Å². The summed E-state index contributed by atoms with van der Waals surface area (Å²) in [5.41, 5.74) is 1.15. The van der Waals surface area contributed by atoms with E-state index in [9.17, 15) is 0 Å². The summed E-state index contributed by atoms with van der Waals surface area (Å²) in [6.07, 6.45) is 2.44. The maximum Gasteiger partial charge on any atom is 0.128 e. The van der Waals surface area contributed by atoms with E-state index in [-0.39, 0.29) is 0 Å². The summed E-state index contributed by atoms with van der Waals surface area (Å²) in [5, 5.41) is 3.41. The number of nitrogens with zero attached hydrogens (tertiary/aromatic N) is 2. The third-order valence-electron chi connectivity index (χ3n) is 3.07. The maximum absolute atomic E-state index is 4.76. The van der Waals surface area contributed by atoms with Crippen LogP contribution in [0, 0.1) is 0 Å². The van der Waals surface area contributed by atoms with Crippen LogP contribution < -0.4 is 10.2 Å². The molecule has 0 bridgehead atoms. The zero-order valence-corrected chi connectivity index (χ0v) is 12.0. The Balaban J connectivity index is 1.96. The van der Waals surface area contributed by atoms with Gasteiger partial charge < -0.3 is 10.2 Å². The van der Waals surface area contributed by atoms with E-state index in [0.29, 0.717) is 0 Å². The van der Waals surface area contributed by atoms with E-state index in [1.54, 1.807) is 0 Å². The van der Waals surface area contributed by atoms with Gasteiger partial charge in [0.05, 0.1) is 5.69 Å². The van der Waals surface area contributed by atoms with Crippen molar-refractivity contribution in [2.24, 2.45) is 0 Å². The van der Waals surface area contributed by atoms with Crippen LogP contribution in [0.3, 0.4) is 0 Å². The van der Waals surface area contributed by atoms with Crippen LogP contribution >= 0.6 is 11.8 Å². The van der Waals surface area contributed by atoms with Crippen molar-refractivity contribution in [3.8, 4) is 0 Å². The second-order valence-electron chi connectivity index (χ2n) is 4.62. The van der Waals surface area contributed by atoms with Crippen LogP contribution in [0.2, 0.25) is 0 Å². The Kier molecular flexibility index (Phi) is 5.81. The first-order chi connectivity index (χ1) is 8.90. The summed E-state index contributed by atoms with van der Waals surface area (Å²) in [6.45, 7) is 6.40. The highest BCUT2D eigenvalue weighted by atomic mass is 32.2. The molecule has 0 aliphatic carbocycles. The van der Waals surface area contributed by atoms with E-state index < -0.39 is 0 Å². The predicted molar refractivity (Wildman–Crippen MR) is 80.4 cm³/mol. The van der Waals surface area contributed by atoms with Crippen LogP contribution in [0.1, 0.15) is 25.5 Å². The molecule has 100 valence electrons. The van der Waals surface area contributed by atoms with Gasteiger partial charge in [-0.2, -0.15) is 11.8 Å². The van der Waals surface area contributed by atoms with Crippen molar-refractivity contribution in [1.29, 1.82) is 0 Å². The first-order valence-corrected chi connectivity index (χ1v) is 8.05. The average Bonchev–Trinajstić information content (AvgIpc) is 2.68. The van der Waals surface area contributed by atoms with Crippen LogP contribution in [0.15, 0.2) is 18.2 Å². The molecule has 0 aromatic carbocycles. The zero-order chi connectivity index (χ0) is 12.6. The van der Waals surface area contributed by atoms with Crippen molar-refractivity contribution in [2.45, 2.75) is 26.3 Å². The van der Waals surface area contributed by atoms with Gasteiger partial charge >= 0.3 is 0 Å². The summed E-state index contributed by atoms with van der Waals surface area (Å²) in [6, 6.07) is 6.38. The van der Waals surface area contributed by atoms with Crippen molar-refractivity contribution in [3.63, 3.8) is 0 Å². The van der Waals surface area contributed by atoms with Crippen LogP contribution in [0.5, 0.6) is 0 Å². The molecule has 0 amide bonds. The molecule has 1 aliphatic heterocycles. The van der Waals surface area contributed by atoms with Gasteiger partial charge in [0.2, 0.25) is 0 Å². The van der Waals surface area contributed by atoms with Crippen molar-refractivity contribution in [2.75, 3.05) is 36.0 Å². The molecule has 0 unspecified atom stereocenters. The molecular weight excluding hydrogens is 242 g/mol. The van der Waals surface area contributed by atoms with Gasteiger partial charge in [-0.1, -0.05) is 13.0 Å². The smallest absolute Gasteiger partial charge is 0.128 e. The van der Waals surface area contributed by atoms with Gasteiger partial charge in [-0.3, -0.25) is 0 Å². The lowest BCUT2D eigenvalue weighted by atomic mass is 10.3. The number of pyridine rings is 1. The zero-order valence-electron chi connectivity index (χ0n) is 11.2. The van der Waals surface area contributed by atoms with Crippen LogP contribution in [0.4, 0.5) is 5.82 Å². The topological polar surface area (TPSA) is 28.2 Å². The largest absolute Gasteiger partial charge is 0.356 e. The highest BCUT2D eigenvalue weighted by Crippen LogP contribution is 2.17. The van der Waals surface area contributed by atoms with E-state index >= 15 is 0 Å². The Morgan fingerprint density at radius 1 is 1.33 bits per heavy atom. The fourth-order valence-electron chi connectivity index (χ4n) is 2.11. The molecule has 18 heavy (non-hydrogen) atoms. The number of rotatable bonds is 5. The van der Waals surface area contributed by atoms with Gasteiger partial charge in [-0.25, -0.2) is 4.98 Å². The molecule has 1 saturated heterocycles. The first kappa shape index (κ1) is 13.7. The van der Waals surface area contributed by atoms with Crippen molar-refractivity contribution in [3.05, 3.63) is 23.9 Å². The molecule has 2 heterocycles. The van der Waals surface area contributed by atoms with E-state index in [0.717, 1.165) is 37.7 Å². The lowest BCUT2D eigenvalue weighted by Crippen LogP contribution is -2.27. The molecule has 4 heteroatoms. The van der Waals surface area contributed by atoms with E-state index in [1.165, 1.54) is 24.3 Å². The number of hydrogen-bond donors (Lipinski definition) is 1. The molecule has 1 aliphatic rings. The van der Waals surface area contributed by atoms with Crippen molar-refractivity contribution in [1.82, 2.24) is 10.3 Å². The second-order valence-corrected chi connectivity index (χ2v) is 5.84. The lowest BCUT2D eigenvalue weighted by Gasteiger charge is -2.21. The van der Waals surface area contributed by atoms with Gasteiger partial charge in [-0.15, -0.1) is 0 Å². The third kappa shape index (κ3) is 4.18. The fourth-order valence-corrected chi connectivity index (χ4v) is 3.00. The number of hydrogen-bond acceptors (Lipinski definition) is 4. The highest BCUT2D eigenvalue weighted by Gasteiger charge is 2.11. The quantitative estimate of drug-likeness (QED) is 0.828. The molecule has 0 spiro atoms. The summed E-state index contributed by atoms with van der Waals surface area (Å²) in [4.78, 5) is 7.18. The molecule has 0 saturated carbocycles. The van der Waals surface area contributed by atoms with Gasteiger partial charge in [0.25, 0.3) is 0 Å². The molecule has 3 nitrogen and oxygen atoms in total. The molecule has 1 aromatic rings. The normalized spacial score (nSPS) is 16.6. The summed E-state index contributed by atoms with van der Waals surface area (Å²) in [7, 11) is 0. The fraction of sp³-hybridized carbons (Fsp3) is 0.643. The summed E-state index contributed by atoms with van der Waals surface area (Å²) < 4.78 is 0. The Hall–Kier alpha value is -0.740. The maximum atomic E-state index is 4.76. The predicted octanol–water partition coefficient (Wildman–Crippen LogP) is 2.52. The number of thioether (sulfide) groups is 1. The molecule has 1 aromatic heterocycles. The highest BCUT2D eigenvalue weighted by molar-refractivity contribution is 7.99. The first-order valence-electron chi connectivity index (χ1n) is 6.89. The van der Waals surface area contributed by atoms with Gasteiger partial charge in [0.1, 0.15) is 5.82 Å². The van der Waals surface area contributed by atoms with E-state index in [1.807, 2.05) is 0 Å². The van der Waals surface area contributed by atoms with Crippen molar-refractivity contribution < 1.29 is 0 Å². The summed E-state index contributed by atoms with van der Waals surface area (Å²) >= 11 is 2.05. The van der Waals surface area contributed by atoms with E-state index in [4.69, 9.17) is 4.98 Å². The minimum Gasteiger partial charge on any atom is -0.356 e. The molecule has 0 atom stereocenters. The third-order valence-corrected chi connectivity index (χ3v) is 4.12. The lowest BCUT2D eigenvalue weighted by molar-refractivity contribution is 0.662. The number of anilines is 1. The SMILES string of the molecule is CCCNCc1cccc(N2CCCSCC2)n1. The number of nitrogens with one attached hydrogen (secondary N) is 1. The minimum absolute atomic E-state index is 0.879. The Morgan fingerprint density at radius 3 is 3.17 bits per heavy atom. The van der Waals surface area contributed by atoms with E-state index in [2.05, 4.69) is 47.1 Å². The Labute approximate surface area is 114 Å². The molecule has 1 N–H and O–H groups in total. The van der Waals surface area contributed by atoms with Gasteiger partial charge in [-0.05, 0) is 37.3 Å². The molecule has 0 radical (unpaired) electrons. The Bertz CT molecular complexity index is 349. The molecule has 2 rings (SSSR count). The summed E-state index contributed by atoms with van der Waals surface area (Å²) in [5.74, 6) is 3.65. The minimum atomic E-state index is 0.879. The average molecular weight is 265 g/mol. The van der Waals surface area contributed by atoms with Crippen LogP contribution in [0.25, 0.3) is 0 Å². The van der Waals surface area contributed by atoms with Gasteiger partial charge in [0, 0.05) is 25.4 Å². The standard InChI is InChI=1S/C14H23N3S/c1-2-7-15-12-13-5-3-6-14(16-13)17-8-4-10-18-11-9-17/h3,5-6,15H,2,4,7-12H2,1H3. The van der Waals surface area contributed by atoms with Crippen LogP contribution in [-0.2, 0) is 6.54 Å². The second kappa shape index (κ2) is 7.64. The molecule has 1 fully saturated rings. The molecular formula is C14H23N3S. The Morgan fingerprint density at radius 2 is 2.28 bits per heavy atom. The number of aromatic nitrogens is 1. The monoisotopic (exact) mass is 265 g/mol. The van der Waals surface area contributed by atoms with Gasteiger partial charge in [0.15, 0.2) is 0 Å². The van der Waals surface area contributed by atoms with Crippen molar-refractivity contribution >= 4 is 17.6 Å².